The first kappa shape index (κ1) is 14.8. The fourth-order valence-corrected chi connectivity index (χ4v) is 2.93. The number of hydrogen-bond donors (Lipinski definition) is 1. The molecule has 0 aliphatic heterocycles. The molecule has 2 aromatic rings. The molecule has 1 aromatic heterocycles. The lowest BCUT2D eigenvalue weighted by Gasteiger charge is -2.22. The van der Waals surface area contributed by atoms with E-state index in [1.54, 1.807) is 0 Å². The minimum atomic E-state index is -0.617. The van der Waals surface area contributed by atoms with Gasteiger partial charge < -0.3 is 5.32 Å². The summed E-state index contributed by atoms with van der Waals surface area (Å²) in [4.78, 5) is 15.5. The first-order valence-electron chi connectivity index (χ1n) is 5.93. The summed E-state index contributed by atoms with van der Waals surface area (Å²) >= 11 is 4.78. The van der Waals surface area contributed by atoms with Crippen molar-refractivity contribution in [2.24, 2.45) is 0 Å². The lowest BCUT2D eigenvalue weighted by atomic mass is 9.81. The average Bonchev–Trinajstić information content (AvgIpc) is 2.87. The average molecular weight is 349 g/mol. The van der Waals surface area contributed by atoms with E-state index in [-0.39, 0.29) is 5.91 Å². The monoisotopic (exact) mass is 348 g/mol. The molecule has 0 radical (unpaired) electrons. The third-order valence-electron chi connectivity index (χ3n) is 3.01. The summed E-state index contributed by atoms with van der Waals surface area (Å²) < 4.78 is 0.998. The Morgan fingerprint density at radius 1 is 1.45 bits per heavy atom. The van der Waals surface area contributed by atoms with Gasteiger partial charge in [-0.05, 0) is 24.6 Å². The Morgan fingerprint density at radius 2 is 2.10 bits per heavy atom. The molecule has 5 heteroatoms. The summed E-state index contributed by atoms with van der Waals surface area (Å²) in [6.45, 7) is 3.40. The lowest BCUT2D eigenvalue weighted by Crippen LogP contribution is -2.22. The van der Waals surface area contributed by atoms with Crippen LogP contribution >= 0.6 is 27.3 Å². The van der Waals surface area contributed by atoms with E-state index < -0.39 is 5.41 Å². The molecule has 0 aliphatic rings. The number of amides is 1. The standard InChI is InChI=1S/C15H13BrN2OS/c1-4-15(3,11-5-7-12(16)8-6-11)13-9-20-14(18-13)17-10(2)19/h1,5-9H,2-3H3,(H,17,18,19)/t15-/m1/s1. The van der Waals surface area contributed by atoms with Gasteiger partial charge in [-0.3, -0.25) is 4.79 Å². The van der Waals surface area contributed by atoms with Crippen LogP contribution in [0.5, 0.6) is 0 Å². The van der Waals surface area contributed by atoms with Crippen molar-refractivity contribution in [1.82, 2.24) is 4.98 Å². The van der Waals surface area contributed by atoms with Gasteiger partial charge in [0.05, 0.1) is 11.1 Å². The first-order valence-corrected chi connectivity index (χ1v) is 7.60. The Balaban J connectivity index is 2.40. The third kappa shape index (κ3) is 2.92. The van der Waals surface area contributed by atoms with Gasteiger partial charge in [0, 0.05) is 16.8 Å². The number of terminal acetylenes is 1. The maximum absolute atomic E-state index is 11.1. The Labute approximate surface area is 130 Å². The zero-order valence-corrected chi connectivity index (χ0v) is 13.5. The molecule has 0 spiro atoms. The molecule has 102 valence electrons. The maximum Gasteiger partial charge on any atom is 0.223 e. The van der Waals surface area contributed by atoms with Crippen LogP contribution in [0.4, 0.5) is 5.13 Å². The van der Waals surface area contributed by atoms with E-state index in [0.29, 0.717) is 5.13 Å². The zero-order valence-electron chi connectivity index (χ0n) is 11.1. The predicted molar refractivity (Wildman–Crippen MR) is 85.8 cm³/mol. The van der Waals surface area contributed by atoms with Crippen molar-refractivity contribution in [1.29, 1.82) is 0 Å². The van der Waals surface area contributed by atoms with Crippen LogP contribution in [0.25, 0.3) is 0 Å². The molecule has 2 rings (SSSR count). The Hall–Kier alpha value is -1.64. The molecule has 1 heterocycles. The van der Waals surface area contributed by atoms with Gasteiger partial charge in [0.2, 0.25) is 5.91 Å². The van der Waals surface area contributed by atoms with Crippen molar-refractivity contribution in [3.05, 3.63) is 45.4 Å². The number of halogens is 1. The van der Waals surface area contributed by atoms with E-state index >= 15 is 0 Å². The highest BCUT2D eigenvalue weighted by Gasteiger charge is 2.29. The molecule has 1 aromatic carbocycles. The minimum Gasteiger partial charge on any atom is -0.302 e. The molecule has 1 amide bonds. The topological polar surface area (TPSA) is 42.0 Å². The van der Waals surface area contributed by atoms with E-state index in [1.165, 1.54) is 18.3 Å². The van der Waals surface area contributed by atoms with Crippen molar-refractivity contribution in [2.45, 2.75) is 19.3 Å². The van der Waals surface area contributed by atoms with E-state index in [1.807, 2.05) is 36.6 Å². The predicted octanol–water partition coefficient (Wildman–Crippen LogP) is 3.80. The van der Waals surface area contributed by atoms with Crippen molar-refractivity contribution in [3.63, 3.8) is 0 Å². The number of aromatic nitrogens is 1. The van der Waals surface area contributed by atoms with Crippen LogP contribution in [0.2, 0.25) is 0 Å². The van der Waals surface area contributed by atoms with Crippen molar-refractivity contribution < 1.29 is 4.79 Å². The van der Waals surface area contributed by atoms with Crippen LogP contribution < -0.4 is 5.32 Å². The van der Waals surface area contributed by atoms with E-state index in [2.05, 4.69) is 32.2 Å². The van der Waals surface area contributed by atoms with Crippen LogP contribution in [0, 0.1) is 12.3 Å². The van der Waals surface area contributed by atoms with Gasteiger partial charge in [-0.1, -0.05) is 34.0 Å². The molecule has 3 nitrogen and oxygen atoms in total. The second kappa shape index (κ2) is 5.78. The van der Waals surface area contributed by atoms with Gasteiger partial charge in [-0.2, -0.15) is 0 Å². The zero-order chi connectivity index (χ0) is 14.8. The van der Waals surface area contributed by atoms with Crippen molar-refractivity contribution in [2.75, 3.05) is 5.32 Å². The normalized spacial score (nSPS) is 13.3. The largest absolute Gasteiger partial charge is 0.302 e. The summed E-state index contributed by atoms with van der Waals surface area (Å²) in [5.74, 6) is 2.67. The summed E-state index contributed by atoms with van der Waals surface area (Å²) in [5.41, 5.74) is 1.13. The molecule has 0 bridgehead atoms. The molecule has 0 saturated carbocycles. The number of carbonyl (C=O) groups excluding carboxylic acids is 1. The highest BCUT2D eigenvalue weighted by molar-refractivity contribution is 9.10. The van der Waals surface area contributed by atoms with Gasteiger partial charge in [-0.15, -0.1) is 17.8 Å². The van der Waals surface area contributed by atoms with Gasteiger partial charge in [-0.25, -0.2) is 4.98 Å². The summed E-state index contributed by atoms with van der Waals surface area (Å²) in [6, 6.07) is 7.85. The van der Waals surface area contributed by atoms with Gasteiger partial charge in [0.1, 0.15) is 0 Å². The molecular formula is C15H13BrN2OS. The highest BCUT2D eigenvalue weighted by atomic mass is 79.9. The van der Waals surface area contributed by atoms with Gasteiger partial charge in [0.15, 0.2) is 5.13 Å². The molecule has 0 saturated heterocycles. The van der Waals surface area contributed by atoms with E-state index in [0.717, 1.165) is 15.7 Å². The van der Waals surface area contributed by atoms with E-state index in [9.17, 15) is 4.79 Å². The first-order chi connectivity index (χ1) is 9.45. The van der Waals surface area contributed by atoms with Gasteiger partial charge in [0.25, 0.3) is 0 Å². The molecule has 1 N–H and O–H groups in total. The quantitative estimate of drug-likeness (QED) is 0.857. The maximum atomic E-state index is 11.1. The molecule has 1 atom stereocenters. The Kier molecular flexibility index (Phi) is 4.26. The summed E-state index contributed by atoms with van der Waals surface area (Å²) in [6.07, 6.45) is 5.74. The fourth-order valence-electron chi connectivity index (χ4n) is 1.80. The van der Waals surface area contributed by atoms with Crippen LogP contribution in [0.1, 0.15) is 25.1 Å². The molecule has 0 unspecified atom stereocenters. The number of nitrogens with zero attached hydrogens (tertiary/aromatic N) is 1. The van der Waals surface area contributed by atoms with E-state index in [4.69, 9.17) is 6.42 Å². The molecule has 20 heavy (non-hydrogen) atoms. The summed E-state index contributed by atoms with van der Waals surface area (Å²) in [5, 5.41) is 5.12. The Bertz CT molecular complexity index is 672. The third-order valence-corrected chi connectivity index (χ3v) is 4.30. The number of benzene rings is 1. The second-order valence-corrected chi connectivity index (χ2v) is 6.27. The van der Waals surface area contributed by atoms with Gasteiger partial charge >= 0.3 is 0 Å². The minimum absolute atomic E-state index is 0.142. The number of rotatable bonds is 3. The Morgan fingerprint density at radius 3 is 2.65 bits per heavy atom. The summed E-state index contributed by atoms with van der Waals surface area (Å²) in [7, 11) is 0. The SMILES string of the molecule is C#C[C@](C)(c1ccc(Br)cc1)c1csc(NC(C)=O)n1. The number of hydrogen-bond acceptors (Lipinski definition) is 3. The van der Waals surface area contributed by atoms with Crippen LogP contribution in [0.3, 0.4) is 0 Å². The number of nitrogens with one attached hydrogen (secondary N) is 1. The molecule has 0 aliphatic carbocycles. The highest BCUT2D eigenvalue weighted by Crippen LogP contribution is 2.33. The van der Waals surface area contributed by atoms with Crippen molar-refractivity contribution >= 4 is 38.3 Å². The number of thiazole rings is 1. The van der Waals surface area contributed by atoms with Crippen LogP contribution in [-0.2, 0) is 10.2 Å². The number of carbonyl (C=O) groups is 1. The van der Waals surface area contributed by atoms with Crippen LogP contribution in [-0.4, -0.2) is 10.9 Å². The molecule has 0 fully saturated rings. The number of anilines is 1. The smallest absolute Gasteiger partial charge is 0.223 e. The fraction of sp³-hybridized carbons (Fsp3) is 0.200. The lowest BCUT2D eigenvalue weighted by molar-refractivity contribution is -0.114. The van der Waals surface area contributed by atoms with Crippen LogP contribution in [0.15, 0.2) is 34.1 Å². The molecular weight excluding hydrogens is 336 g/mol. The van der Waals surface area contributed by atoms with Crippen molar-refractivity contribution in [3.8, 4) is 12.3 Å². The second-order valence-electron chi connectivity index (χ2n) is 4.50.